The molecule has 0 radical (unpaired) electrons. The number of thiol groups is 1. The Morgan fingerprint density at radius 1 is 1.37 bits per heavy atom. The third-order valence-corrected chi connectivity index (χ3v) is 2.77. The molecule has 0 heterocycles. The van der Waals surface area contributed by atoms with Crippen LogP contribution in [0.3, 0.4) is 0 Å². The van der Waals surface area contributed by atoms with E-state index in [1.807, 2.05) is 0 Å². The molecule has 1 atom stereocenters. The lowest BCUT2D eigenvalue weighted by atomic mass is 10.1. The van der Waals surface area contributed by atoms with Crippen LogP contribution >= 0.6 is 12.6 Å². The molecule has 104 valence electrons. The van der Waals surface area contributed by atoms with E-state index in [1.54, 1.807) is 0 Å². The van der Waals surface area contributed by atoms with Crippen LogP contribution in [0.4, 0.5) is 0 Å². The van der Waals surface area contributed by atoms with E-state index in [9.17, 15) is 14.7 Å². The fourth-order valence-electron chi connectivity index (χ4n) is 1.43. The first-order chi connectivity index (χ1) is 8.97. The van der Waals surface area contributed by atoms with E-state index in [4.69, 9.17) is 5.11 Å². The molecule has 6 nitrogen and oxygen atoms in total. The maximum atomic E-state index is 11.7. The van der Waals surface area contributed by atoms with E-state index >= 15 is 0 Å². The van der Waals surface area contributed by atoms with Crippen LogP contribution < -0.4 is 5.32 Å². The highest BCUT2D eigenvalue weighted by atomic mass is 32.1. The summed E-state index contributed by atoms with van der Waals surface area (Å²) in [6.45, 7) is 0. The van der Waals surface area contributed by atoms with Crippen LogP contribution in [0.25, 0.3) is 0 Å². The summed E-state index contributed by atoms with van der Waals surface area (Å²) in [6.07, 6.45) is -0.0326. The molecule has 1 amide bonds. The van der Waals surface area contributed by atoms with Gasteiger partial charge in [0.2, 0.25) is 5.91 Å². The molecular weight excluding hydrogens is 270 g/mol. The van der Waals surface area contributed by atoms with Crippen molar-refractivity contribution in [2.75, 3.05) is 12.9 Å². The van der Waals surface area contributed by atoms with Crippen molar-refractivity contribution in [2.24, 2.45) is 0 Å². The number of carbonyl (C=O) groups is 2. The molecule has 0 fully saturated rings. The van der Waals surface area contributed by atoms with Gasteiger partial charge in [-0.25, -0.2) is 4.79 Å². The van der Waals surface area contributed by atoms with Gasteiger partial charge < -0.3 is 20.3 Å². The first-order valence-electron chi connectivity index (χ1n) is 5.46. The Labute approximate surface area is 115 Å². The second-order valence-corrected chi connectivity index (χ2v) is 4.19. The van der Waals surface area contributed by atoms with E-state index in [-0.39, 0.29) is 23.7 Å². The van der Waals surface area contributed by atoms with Crippen LogP contribution in [0.15, 0.2) is 18.2 Å². The fraction of sp³-hybridized carbons (Fsp3) is 0.333. The number of rotatable bonds is 5. The monoisotopic (exact) mass is 285 g/mol. The zero-order valence-corrected chi connectivity index (χ0v) is 11.2. The van der Waals surface area contributed by atoms with Gasteiger partial charge in [0.15, 0.2) is 11.5 Å². The second-order valence-electron chi connectivity index (χ2n) is 3.83. The molecule has 0 aromatic heterocycles. The molecular formula is C12H15NO5S. The Balaban J connectivity index is 2.64. The number of hydrogen-bond acceptors (Lipinski definition) is 6. The highest BCUT2D eigenvalue weighted by Gasteiger charge is 2.19. The Kier molecular flexibility index (Phi) is 5.50. The Bertz CT molecular complexity index is 477. The minimum atomic E-state index is -0.813. The summed E-state index contributed by atoms with van der Waals surface area (Å²) in [5.74, 6) is -1.42. The predicted octanol–water partition coefficient (Wildman–Crippen LogP) is 0.228. The van der Waals surface area contributed by atoms with Gasteiger partial charge in [0, 0.05) is 5.75 Å². The lowest BCUT2D eigenvalue weighted by Gasteiger charge is -2.14. The molecule has 3 N–H and O–H groups in total. The number of methoxy groups -OCH3 is 1. The van der Waals surface area contributed by atoms with E-state index in [2.05, 4.69) is 22.7 Å². The highest BCUT2D eigenvalue weighted by Crippen LogP contribution is 2.24. The zero-order chi connectivity index (χ0) is 14.4. The number of esters is 1. The number of phenolic OH excluding ortho intramolecular Hbond substituents is 2. The summed E-state index contributed by atoms with van der Waals surface area (Å²) in [7, 11) is 1.23. The van der Waals surface area contributed by atoms with Crippen molar-refractivity contribution in [2.45, 2.75) is 12.5 Å². The molecule has 1 aromatic carbocycles. The minimum absolute atomic E-state index is 0.0326. The molecule has 0 aliphatic rings. The molecule has 0 aliphatic heterocycles. The van der Waals surface area contributed by atoms with Gasteiger partial charge in [-0.1, -0.05) is 6.07 Å². The van der Waals surface area contributed by atoms with Crippen molar-refractivity contribution in [3.63, 3.8) is 0 Å². The average Bonchev–Trinajstić information content (AvgIpc) is 2.39. The molecule has 19 heavy (non-hydrogen) atoms. The topological polar surface area (TPSA) is 95.9 Å². The smallest absolute Gasteiger partial charge is 0.329 e. The summed E-state index contributed by atoms with van der Waals surface area (Å²) in [5, 5.41) is 20.9. The van der Waals surface area contributed by atoms with Gasteiger partial charge >= 0.3 is 5.97 Å². The van der Waals surface area contributed by atoms with Gasteiger partial charge in [0.05, 0.1) is 13.5 Å². The van der Waals surface area contributed by atoms with Crippen molar-refractivity contribution >= 4 is 24.5 Å². The Morgan fingerprint density at radius 3 is 2.58 bits per heavy atom. The summed E-state index contributed by atoms with van der Waals surface area (Å²) in [5.41, 5.74) is 0.510. The molecule has 0 saturated carbocycles. The van der Waals surface area contributed by atoms with Gasteiger partial charge in [-0.05, 0) is 17.7 Å². The van der Waals surface area contributed by atoms with Crippen molar-refractivity contribution in [3.05, 3.63) is 23.8 Å². The van der Waals surface area contributed by atoms with E-state index < -0.39 is 17.9 Å². The Hall–Kier alpha value is -1.89. The van der Waals surface area contributed by atoms with Crippen molar-refractivity contribution in [1.29, 1.82) is 0 Å². The summed E-state index contributed by atoms with van der Waals surface area (Å²) < 4.78 is 4.51. The molecule has 0 bridgehead atoms. The number of benzene rings is 1. The Morgan fingerprint density at radius 2 is 2.05 bits per heavy atom. The van der Waals surface area contributed by atoms with E-state index in [0.717, 1.165) is 0 Å². The second kappa shape index (κ2) is 6.89. The number of phenols is 2. The maximum Gasteiger partial charge on any atom is 0.329 e. The van der Waals surface area contributed by atoms with Gasteiger partial charge in [-0.3, -0.25) is 4.79 Å². The van der Waals surface area contributed by atoms with E-state index in [0.29, 0.717) is 5.56 Å². The van der Waals surface area contributed by atoms with Crippen LogP contribution in [-0.4, -0.2) is 41.0 Å². The van der Waals surface area contributed by atoms with Crippen LogP contribution in [0.1, 0.15) is 5.56 Å². The van der Waals surface area contributed by atoms with Crippen LogP contribution in [0, 0.1) is 0 Å². The summed E-state index contributed by atoms with van der Waals surface area (Å²) in [4.78, 5) is 23.0. The number of carbonyl (C=O) groups excluding carboxylic acids is 2. The molecule has 1 aromatic rings. The molecule has 0 spiro atoms. The van der Waals surface area contributed by atoms with Gasteiger partial charge in [-0.2, -0.15) is 12.6 Å². The molecule has 0 saturated heterocycles. The minimum Gasteiger partial charge on any atom is -0.504 e. The van der Waals surface area contributed by atoms with Crippen LogP contribution in [-0.2, 0) is 20.7 Å². The molecule has 7 heteroatoms. The number of nitrogens with one attached hydrogen (secondary N) is 1. The third kappa shape index (κ3) is 4.36. The number of aromatic hydroxyl groups is 2. The van der Waals surface area contributed by atoms with Crippen molar-refractivity contribution in [1.82, 2.24) is 5.32 Å². The van der Waals surface area contributed by atoms with Gasteiger partial charge in [0.25, 0.3) is 0 Å². The molecule has 0 aliphatic carbocycles. The standard InChI is InChI=1S/C12H15NO5S/c1-18-12(17)8(6-19)13-11(16)5-7-2-3-9(14)10(15)4-7/h2-4,8,14-15,19H,5-6H2,1H3,(H,13,16). The van der Waals surface area contributed by atoms with Gasteiger partial charge in [0.1, 0.15) is 6.04 Å². The lowest BCUT2D eigenvalue weighted by molar-refractivity contribution is -0.144. The van der Waals surface area contributed by atoms with Crippen molar-refractivity contribution < 1.29 is 24.5 Å². The summed E-state index contributed by atoms with van der Waals surface area (Å²) >= 11 is 3.95. The number of amides is 1. The SMILES string of the molecule is COC(=O)C(CS)NC(=O)Cc1ccc(O)c(O)c1. The van der Waals surface area contributed by atoms with Crippen LogP contribution in [0.2, 0.25) is 0 Å². The first-order valence-corrected chi connectivity index (χ1v) is 6.10. The third-order valence-electron chi connectivity index (χ3n) is 2.41. The van der Waals surface area contributed by atoms with Gasteiger partial charge in [-0.15, -0.1) is 0 Å². The molecule has 1 rings (SSSR count). The predicted molar refractivity (Wildman–Crippen MR) is 71.3 cm³/mol. The average molecular weight is 285 g/mol. The molecule has 1 unspecified atom stereocenters. The normalized spacial score (nSPS) is 11.7. The first kappa shape index (κ1) is 15.2. The highest BCUT2D eigenvalue weighted by molar-refractivity contribution is 7.80. The lowest BCUT2D eigenvalue weighted by Crippen LogP contribution is -2.43. The number of ether oxygens (including phenoxy) is 1. The van der Waals surface area contributed by atoms with E-state index in [1.165, 1.54) is 25.3 Å². The van der Waals surface area contributed by atoms with Crippen LogP contribution in [0.5, 0.6) is 11.5 Å². The summed E-state index contributed by atoms with van der Waals surface area (Å²) in [6, 6.07) is 3.26. The number of hydrogen-bond donors (Lipinski definition) is 4. The maximum absolute atomic E-state index is 11.7. The largest absolute Gasteiger partial charge is 0.504 e. The zero-order valence-electron chi connectivity index (χ0n) is 10.3. The quantitative estimate of drug-likeness (QED) is 0.353. The van der Waals surface area contributed by atoms with Crippen molar-refractivity contribution in [3.8, 4) is 11.5 Å². The fourth-order valence-corrected chi connectivity index (χ4v) is 1.67.